The average Bonchev–Trinajstić information content (AvgIpc) is 2.44. The summed E-state index contributed by atoms with van der Waals surface area (Å²) in [6, 6.07) is 13.4. The lowest BCUT2D eigenvalue weighted by Crippen LogP contribution is -2.22. The first kappa shape index (κ1) is 13.4. The molecular weight excluding hydrogens is 240 g/mol. The van der Waals surface area contributed by atoms with E-state index in [1.807, 2.05) is 30.3 Å². The van der Waals surface area contributed by atoms with Crippen LogP contribution in [0.4, 0.5) is 5.69 Å². The molecule has 100 valence electrons. The number of anilines is 1. The minimum Gasteiger partial charge on any atom is -0.394 e. The van der Waals surface area contributed by atoms with Crippen LogP contribution in [0.1, 0.15) is 12.0 Å². The Morgan fingerprint density at radius 1 is 1.11 bits per heavy atom. The highest BCUT2D eigenvalue weighted by atomic mass is 16.5. The Kier molecular flexibility index (Phi) is 4.75. The zero-order valence-electron chi connectivity index (χ0n) is 10.8. The molecule has 1 aromatic carbocycles. The van der Waals surface area contributed by atoms with Crippen molar-refractivity contribution in [3.63, 3.8) is 0 Å². The molecule has 1 heterocycles. The lowest BCUT2D eigenvalue weighted by Gasteiger charge is -2.07. The van der Waals surface area contributed by atoms with Gasteiger partial charge < -0.3 is 15.0 Å². The van der Waals surface area contributed by atoms with E-state index in [1.165, 1.54) is 0 Å². The first-order valence-electron chi connectivity index (χ1n) is 6.34. The van der Waals surface area contributed by atoms with E-state index in [0.29, 0.717) is 19.8 Å². The number of hydrogen-bond acceptors (Lipinski definition) is 3. The van der Waals surface area contributed by atoms with E-state index >= 15 is 0 Å². The van der Waals surface area contributed by atoms with Crippen molar-refractivity contribution in [3.8, 4) is 0 Å². The summed E-state index contributed by atoms with van der Waals surface area (Å²) in [4.78, 5) is 11.7. The Morgan fingerprint density at radius 3 is 2.68 bits per heavy atom. The Morgan fingerprint density at radius 2 is 1.89 bits per heavy atom. The van der Waals surface area contributed by atoms with Gasteiger partial charge in [0.05, 0.1) is 12.3 Å². The molecule has 2 rings (SSSR count). The van der Waals surface area contributed by atoms with Gasteiger partial charge in [-0.25, -0.2) is 0 Å². The van der Waals surface area contributed by atoms with Crippen molar-refractivity contribution in [2.75, 3.05) is 12.3 Å². The molecule has 4 heteroatoms. The van der Waals surface area contributed by atoms with Gasteiger partial charge in [0, 0.05) is 19.3 Å². The van der Waals surface area contributed by atoms with Gasteiger partial charge in [0.1, 0.15) is 0 Å². The highest BCUT2D eigenvalue weighted by molar-refractivity contribution is 5.33. The number of hydrogen-bond donors (Lipinski definition) is 1. The third-order valence-electron chi connectivity index (χ3n) is 2.85. The molecule has 2 aromatic rings. The van der Waals surface area contributed by atoms with Crippen LogP contribution in [0.25, 0.3) is 0 Å². The standard InChI is InChI=1S/C15H18N2O2/c16-14-8-4-9-17(15(14)18)10-5-11-19-12-13-6-2-1-3-7-13/h1-4,6-9H,5,10-12,16H2. The van der Waals surface area contributed by atoms with Crippen molar-refractivity contribution in [2.45, 2.75) is 19.6 Å². The molecular formula is C15H18N2O2. The van der Waals surface area contributed by atoms with Crippen LogP contribution >= 0.6 is 0 Å². The van der Waals surface area contributed by atoms with Crippen molar-refractivity contribution < 1.29 is 4.74 Å². The fourth-order valence-corrected chi connectivity index (χ4v) is 1.83. The van der Waals surface area contributed by atoms with Gasteiger partial charge in [-0.1, -0.05) is 30.3 Å². The topological polar surface area (TPSA) is 57.2 Å². The molecule has 19 heavy (non-hydrogen) atoms. The van der Waals surface area contributed by atoms with E-state index in [9.17, 15) is 4.79 Å². The smallest absolute Gasteiger partial charge is 0.273 e. The van der Waals surface area contributed by atoms with E-state index in [-0.39, 0.29) is 11.2 Å². The molecule has 4 nitrogen and oxygen atoms in total. The molecule has 0 atom stereocenters. The van der Waals surface area contributed by atoms with Crippen molar-refractivity contribution in [3.05, 3.63) is 64.6 Å². The average molecular weight is 258 g/mol. The van der Waals surface area contributed by atoms with Gasteiger partial charge >= 0.3 is 0 Å². The summed E-state index contributed by atoms with van der Waals surface area (Å²) >= 11 is 0. The van der Waals surface area contributed by atoms with Crippen LogP contribution in [0.15, 0.2) is 53.5 Å². The second-order valence-electron chi connectivity index (χ2n) is 4.35. The lowest BCUT2D eigenvalue weighted by atomic mass is 10.2. The highest BCUT2D eigenvalue weighted by Crippen LogP contribution is 2.01. The van der Waals surface area contributed by atoms with Crippen molar-refractivity contribution in [1.29, 1.82) is 0 Å². The zero-order valence-corrected chi connectivity index (χ0v) is 10.8. The predicted octanol–water partition coefficient (Wildman–Crippen LogP) is 2.04. The maximum absolute atomic E-state index is 11.7. The third kappa shape index (κ3) is 3.96. The molecule has 0 aliphatic rings. The normalized spacial score (nSPS) is 10.5. The molecule has 2 N–H and O–H groups in total. The summed E-state index contributed by atoms with van der Waals surface area (Å²) < 4.78 is 7.18. The van der Waals surface area contributed by atoms with Gasteiger partial charge in [0.2, 0.25) is 0 Å². The van der Waals surface area contributed by atoms with Crippen LogP contribution in [0.3, 0.4) is 0 Å². The molecule has 0 saturated heterocycles. The van der Waals surface area contributed by atoms with E-state index in [0.717, 1.165) is 12.0 Å². The third-order valence-corrected chi connectivity index (χ3v) is 2.85. The largest absolute Gasteiger partial charge is 0.394 e. The van der Waals surface area contributed by atoms with E-state index in [1.54, 1.807) is 22.9 Å². The Bertz CT molecular complexity index is 564. The van der Waals surface area contributed by atoms with Gasteiger partial charge in [0.25, 0.3) is 5.56 Å². The SMILES string of the molecule is Nc1cccn(CCCOCc2ccccc2)c1=O. The number of aryl methyl sites for hydroxylation is 1. The Hall–Kier alpha value is -2.07. The molecule has 1 aromatic heterocycles. The molecule has 0 spiro atoms. The fraction of sp³-hybridized carbons (Fsp3) is 0.267. The lowest BCUT2D eigenvalue weighted by molar-refractivity contribution is 0.115. The summed E-state index contributed by atoms with van der Waals surface area (Å²) in [6.45, 7) is 1.85. The number of rotatable bonds is 6. The fourth-order valence-electron chi connectivity index (χ4n) is 1.83. The first-order chi connectivity index (χ1) is 9.27. The molecule has 0 amide bonds. The van der Waals surface area contributed by atoms with Gasteiger partial charge in [-0.05, 0) is 24.1 Å². The minimum atomic E-state index is -0.134. The van der Waals surface area contributed by atoms with E-state index in [4.69, 9.17) is 10.5 Å². The summed E-state index contributed by atoms with van der Waals surface area (Å²) in [5.41, 5.74) is 6.87. The number of ether oxygens (including phenoxy) is 1. The van der Waals surface area contributed by atoms with E-state index in [2.05, 4.69) is 0 Å². The number of nitrogens with zero attached hydrogens (tertiary/aromatic N) is 1. The summed E-state index contributed by atoms with van der Waals surface area (Å²) in [6.07, 6.45) is 2.53. The van der Waals surface area contributed by atoms with Crippen molar-refractivity contribution in [2.24, 2.45) is 0 Å². The molecule has 0 saturated carbocycles. The summed E-state index contributed by atoms with van der Waals surface area (Å²) in [5.74, 6) is 0. The second-order valence-corrected chi connectivity index (χ2v) is 4.35. The van der Waals surface area contributed by atoms with Gasteiger partial charge in [-0.3, -0.25) is 4.79 Å². The van der Waals surface area contributed by atoms with Crippen LogP contribution in [0.2, 0.25) is 0 Å². The maximum Gasteiger partial charge on any atom is 0.273 e. The number of pyridine rings is 1. The summed E-state index contributed by atoms with van der Waals surface area (Å²) in [7, 11) is 0. The Labute approximate surface area is 112 Å². The zero-order chi connectivity index (χ0) is 13.5. The van der Waals surface area contributed by atoms with Gasteiger partial charge in [-0.15, -0.1) is 0 Å². The molecule has 0 fully saturated rings. The quantitative estimate of drug-likeness (QED) is 0.807. The Balaban J connectivity index is 1.73. The van der Waals surface area contributed by atoms with Crippen molar-refractivity contribution in [1.82, 2.24) is 4.57 Å². The maximum atomic E-state index is 11.7. The first-order valence-corrected chi connectivity index (χ1v) is 6.34. The van der Waals surface area contributed by atoms with Crippen LogP contribution in [-0.4, -0.2) is 11.2 Å². The second kappa shape index (κ2) is 6.75. The van der Waals surface area contributed by atoms with Gasteiger partial charge in [-0.2, -0.15) is 0 Å². The molecule has 0 aliphatic carbocycles. The van der Waals surface area contributed by atoms with Crippen LogP contribution in [-0.2, 0) is 17.9 Å². The van der Waals surface area contributed by atoms with Crippen molar-refractivity contribution >= 4 is 5.69 Å². The minimum absolute atomic E-state index is 0.134. The monoisotopic (exact) mass is 258 g/mol. The highest BCUT2D eigenvalue weighted by Gasteiger charge is 1.99. The van der Waals surface area contributed by atoms with Crippen LogP contribution in [0.5, 0.6) is 0 Å². The number of aromatic nitrogens is 1. The summed E-state index contributed by atoms with van der Waals surface area (Å²) in [5, 5.41) is 0. The van der Waals surface area contributed by atoms with Crippen LogP contribution < -0.4 is 11.3 Å². The van der Waals surface area contributed by atoms with Crippen LogP contribution in [0, 0.1) is 0 Å². The van der Waals surface area contributed by atoms with E-state index < -0.39 is 0 Å². The molecule has 0 aliphatic heterocycles. The predicted molar refractivity (Wildman–Crippen MR) is 75.8 cm³/mol. The number of nitrogens with two attached hydrogens (primary N) is 1. The molecule has 0 unspecified atom stereocenters. The molecule has 0 radical (unpaired) electrons. The number of nitrogen functional groups attached to an aromatic ring is 1. The van der Waals surface area contributed by atoms with Gasteiger partial charge in [0.15, 0.2) is 0 Å². The number of benzene rings is 1. The molecule has 0 bridgehead atoms.